The first-order chi connectivity index (χ1) is 13.7. The van der Waals surface area contributed by atoms with Crippen molar-refractivity contribution in [3.05, 3.63) is 35.8 Å². The van der Waals surface area contributed by atoms with Crippen LogP contribution in [0.25, 0.3) is 10.9 Å². The lowest BCUT2D eigenvalue weighted by molar-refractivity contribution is 0.140. The summed E-state index contributed by atoms with van der Waals surface area (Å²) >= 11 is 0. The number of benzene rings is 1. The molecule has 1 aromatic carbocycles. The summed E-state index contributed by atoms with van der Waals surface area (Å²) in [6, 6.07) is 4.89. The van der Waals surface area contributed by atoms with Gasteiger partial charge in [0.25, 0.3) is 0 Å². The molecular formula is C21H34FIN6. The Hall–Kier alpha value is -1.39. The van der Waals surface area contributed by atoms with Crippen molar-refractivity contribution in [2.45, 2.75) is 20.3 Å². The third-order valence-corrected chi connectivity index (χ3v) is 5.36. The van der Waals surface area contributed by atoms with E-state index >= 15 is 0 Å². The first-order valence-electron chi connectivity index (χ1n) is 10.4. The molecule has 0 spiro atoms. The van der Waals surface area contributed by atoms with Crippen LogP contribution in [0, 0.1) is 5.82 Å². The highest BCUT2D eigenvalue weighted by molar-refractivity contribution is 14.0. The van der Waals surface area contributed by atoms with Gasteiger partial charge in [0.2, 0.25) is 0 Å². The van der Waals surface area contributed by atoms with E-state index in [0.29, 0.717) is 0 Å². The number of aromatic nitrogens is 1. The summed E-state index contributed by atoms with van der Waals surface area (Å²) in [5.74, 6) is 0.650. The minimum Gasteiger partial charge on any atom is -0.361 e. The minimum absolute atomic E-state index is 0. The van der Waals surface area contributed by atoms with Crippen molar-refractivity contribution in [3.8, 4) is 0 Å². The number of fused-ring (bicyclic) bond motifs is 1. The normalized spacial score (nSPS) is 16.0. The van der Waals surface area contributed by atoms with E-state index in [1.807, 2.05) is 12.3 Å². The van der Waals surface area contributed by atoms with E-state index < -0.39 is 0 Å². The highest BCUT2D eigenvalue weighted by Crippen LogP contribution is 2.19. The van der Waals surface area contributed by atoms with Gasteiger partial charge in [0, 0.05) is 62.9 Å². The van der Waals surface area contributed by atoms with Gasteiger partial charge in [0.15, 0.2) is 5.96 Å². The minimum atomic E-state index is -0.211. The molecule has 29 heavy (non-hydrogen) atoms. The molecule has 1 saturated heterocycles. The summed E-state index contributed by atoms with van der Waals surface area (Å²) in [5, 5.41) is 7.81. The number of nitrogens with zero attached hydrogens (tertiary/aromatic N) is 3. The fourth-order valence-electron chi connectivity index (χ4n) is 3.66. The van der Waals surface area contributed by atoms with Gasteiger partial charge in [-0.1, -0.05) is 6.92 Å². The molecule has 0 aliphatic carbocycles. The Bertz CT molecular complexity index is 770. The zero-order chi connectivity index (χ0) is 19.8. The number of piperazine rings is 1. The summed E-state index contributed by atoms with van der Waals surface area (Å²) in [6.07, 6.45) is 2.82. The Morgan fingerprint density at radius 1 is 1.14 bits per heavy atom. The van der Waals surface area contributed by atoms with Crippen molar-refractivity contribution in [2.75, 3.05) is 58.9 Å². The molecule has 3 rings (SSSR count). The first kappa shape index (κ1) is 23.9. The number of H-pyrrole nitrogens is 1. The standard InChI is InChI=1S/C21H33FN6.HI/c1-3-23-21(25-9-10-28-13-11-27(4-2)12-14-28)24-8-7-17-16-26-20-15-18(22)5-6-19(17)20;/h5-6,15-16,26H,3-4,7-14H2,1-2H3,(H2,23,24,25);1H. The maximum Gasteiger partial charge on any atom is 0.191 e. The number of aliphatic imine (C=N–C) groups is 1. The molecule has 2 heterocycles. The fourth-order valence-corrected chi connectivity index (χ4v) is 3.66. The Morgan fingerprint density at radius 2 is 1.90 bits per heavy atom. The molecule has 1 aliphatic heterocycles. The highest BCUT2D eigenvalue weighted by atomic mass is 127. The maximum absolute atomic E-state index is 13.3. The quantitative estimate of drug-likeness (QED) is 0.287. The van der Waals surface area contributed by atoms with E-state index in [-0.39, 0.29) is 29.8 Å². The molecule has 2 aromatic rings. The predicted molar refractivity (Wildman–Crippen MR) is 130 cm³/mol. The molecule has 162 valence electrons. The van der Waals surface area contributed by atoms with Crippen LogP contribution in [-0.2, 0) is 6.42 Å². The van der Waals surface area contributed by atoms with Gasteiger partial charge in [0.1, 0.15) is 5.82 Å². The van der Waals surface area contributed by atoms with Gasteiger partial charge >= 0.3 is 0 Å². The number of hydrogen-bond donors (Lipinski definition) is 3. The summed E-state index contributed by atoms with van der Waals surface area (Å²) < 4.78 is 13.3. The van der Waals surface area contributed by atoms with Gasteiger partial charge in [0.05, 0.1) is 6.54 Å². The summed E-state index contributed by atoms with van der Waals surface area (Å²) in [7, 11) is 0. The zero-order valence-corrected chi connectivity index (χ0v) is 19.8. The summed E-state index contributed by atoms with van der Waals surface area (Å²) in [4.78, 5) is 12.8. The van der Waals surface area contributed by atoms with E-state index in [1.165, 1.54) is 17.7 Å². The van der Waals surface area contributed by atoms with E-state index in [1.54, 1.807) is 0 Å². The number of aromatic amines is 1. The average Bonchev–Trinajstić information content (AvgIpc) is 3.10. The third kappa shape index (κ3) is 7.11. The lowest BCUT2D eigenvalue weighted by Crippen LogP contribution is -2.47. The lowest BCUT2D eigenvalue weighted by atomic mass is 10.1. The number of hydrogen-bond acceptors (Lipinski definition) is 3. The van der Waals surface area contributed by atoms with E-state index in [0.717, 1.165) is 82.2 Å². The van der Waals surface area contributed by atoms with Crippen molar-refractivity contribution < 1.29 is 4.39 Å². The van der Waals surface area contributed by atoms with Crippen molar-refractivity contribution in [2.24, 2.45) is 4.99 Å². The van der Waals surface area contributed by atoms with Crippen LogP contribution < -0.4 is 10.6 Å². The van der Waals surface area contributed by atoms with Crippen LogP contribution in [0.5, 0.6) is 0 Å². The van der Waals surface area contributed by atoms with Crippen LogP contribution in [0.3, 0.4) is 0 Å². The molecule has 0 bridgehead atoms. The molecule has 0 saturated carbocycles. The Kier molecular flexibility index (Phi) is 10.2. The maximum atomic E-state index is 13.3. The molecule has 6 nitrogen and oxygen atoms in total. The van der Waals surface area contributed by atoms with Crippen LogP contribution in [0.15, 0.2) is 29.4 Å². The average molecular weight is 516 g/mol. The van der Waals surface area contributed by atoms with Gasteiger partial charge in [-0.25, -0.2) is 4.39 Å². The fraction of sp³-hybridized carbons (Fsp3) is 0.571. The van der Waals surface area contributed by atoms with E-state index in [2.05, 4.69) is 39.3 Å². The molecule has 1 fully saturated rings. The molecule has 0 atom stereocenters. The monoisotopic (exact) mass is 516 g/mol. The van der Waals surface area contributed by atoms with Crippen molar-refractivity contribution in [3.63, 3.8) is 0 Å². The number of guanidine groups is 1. The lowest BCUT2D eigenvalue weighted by Gasteiger charge is -2.33. The topological polar surface area (TPSA) is 58.7 Å². The number of halogens is 2. The Balaban J connectivity index is 0.00000300. The Morgan fingerprint density at radius 3 is 2.62 bits per heavy atom. The summed E-state index contributed by atoms with van der Waals surface area (Å²) in [6.45, 7) is 13.5. The second-order valence-electron chi connectivity index (χ2n) is 7.22. The first-order valence-corrected chi connectivity index (χ1v) is 10.4. The number of nitrogens with one attached hydrogen (secondary N) is 3. The molecule has 1 aromatic heterocycles. The van der Waals surface area contributed by atoms with E-state index in [9.17, 15) is 4.39 Å². The molecule has 0 amide bonds. The molecule has 1 aliphatic rings. The van der Waals surface area contributed by atoms with Gasteiger partial charge in [-0.15, -0.1) is 24.0 Å². The zero-order valence-electron chi connectivity index (χ0n) is 17.5. The smallest absolute Gasteiger partial charge is 0.191 e. The van der Waals surface area contributed by atoms with Crippen molar-refractivity contribution >= 4 is 40.8 Å². The summed E-state index contributed by atoms with van der Waals surface area (Å²) in [5.41, 5.74) is 2.03. The van der Waals surface area contributed by atoms with Gasteiger partial charge in [-0.3, -0.25) is 9.89 Å². The second kappa shape index (κ2) is 12.3. The van der Waals surface area contributed by atoms with Gasteiger partial charge in [-0.2, -0.15) is 0 Å². The largest absolute Gasteiger partial charge is 0.361 e. The van der Waals surface area contributed by atoms with Crippen LogP contribution in [0.4, 0.5) is 4.39 Å². The van der Waals surface area contributed by atoms with Gasteiger partial charge in [-0.05, 0) is 43.7 Å². The van der Waals surface area contributed by atoms with Crippen LogP contribution in [0.2, 0.25) is 0 Å². The predicted octanol–water partition coefficient (Wildman–Crippen LogP) is 2.66. The van der Waals surface area contributed by atoms with Crippen molar-refractivity contribution in [1.29, 1.82) is 0 Å². The Labute approximate surface area is 190 Å². The SMILES string of the molecule is CCNC(=NCCN1CCN(CC)CC1)NCCc1c[nH]c2cc(F)ccc12.I. The number of likely N-dealkylation sites (N-methyl/N-ethyl adjacent to an activating group) is 1. The molecule has 8 heteroatoms. The van der Waals surface area contributed by atoms with Crippen LogP contribution in [0.1, 0.15) is 19.4 Å². The molecule has 0 radical (unpaired) electrons. The van der Waals surface area contributed by atoms with Crippen LogP contribution in [-0.4, -0.2) is 79.6 Å². The highest BCUT2D eigenvalue weighted by Gasteiger charge is 2.14. The molecule has 0 unspecified atom stereocenters. The van der Waals surface area contributed by atoms with E-state index in [4.69, 9.17) is 4.99 Å². The van der Waals surface area contributed by atoms with Gasteiger partial charge < -0.3 is 20.5 Å². The third-order valence-electron chi connectivity index (χ3n) is 5.36. The molecular weight excluding hydrogens is 482 g/mol. The van der Waals surface area contributed by atoms with Crippen LogP contribution >= 0.6 is 24.0 Å². The molecule has 3 N–H and O–H groups in total. The second-order valence-corrected chi connectivity index (χ2v) is 7.22. The van der Waals surface area contributed by atoms with Crippen molar-refractivity contribution in [1.82, 2.24) is 25.4 Å². The number of rotatable bonds is 8.